The van der Waals surface area contributed by atoms with Crippen LogP contribution in [0.5, 0.6) is 11.8 Å². The van der Waals surface area contributed by atoms with E-state index in [9.17, 15) is 13.2 Å². The van der Waals surface area contributed by atoms with Crippen LogP contribution in [0.25, 0.3) is 0 Å². The van der Waals surface area contributed by atoms with Crippen molar-refractivity contribution in [1.82, 2.24) is 15.4 Å². The Morgan fingerprint density at radius 1 is 1.35 bits per heavy atom. The average molecular weight is 252 g/mol. The normalized spacial score (nSPS) is 13.3. The van der Waals surface area contributed by atoms with Crippen molar-refractivity contribution >= 4 is 0 Å². The van der Waals surface area contributed by atoms with Crippen LogP contribution in [-0.4, -0.2) is 30.4 Å². The SMILES string of the molecule is COc1cnc(C(NN)C(F)(F)F)c(OC)n1. The van der Waals surface area contributed by atoms with Gasteiger partial charge >= 0.3 is 6.18 Å². The lowest BCUT2D eigenvalue weighted by molar-refractivity contribution is -0.159. The van der Waals surface area contributed by atoms with Gasteiger partial charge in [-0.3, -0.25) is 5.84 Å². The van der Waals surface area contributed by atoms with Crippen molar-refractivity contribution < 1.29 is 22.6 Å². The third-order valence-corrected chi connectivity index (χ3v) is 1.91. The highest BCUT2D eigenvalue weighted by Crippen LogP contribution is 2.35. The number of rotatable bonds is 4. The van der Waals surface area contributed by atoms with Gasteiger partial charge in [-0.2, -0.15) is 18.2 Å². The quantitative estimate of drug-likeness (QED) is 0.602. The van der Waals surface area contributed by atoms with Gasteiger partial charge in [-0.25, -0.2) is 10.4 Å². The van der Waals surface area contributed by atoms with Gasteiger partial charge in [0.2, 0.25) is 11.8 Å². The fourth-order valence-corrected chi connectivity index (χ4v) is 1.14. The first-order chi connectivity index (χ1) is 7.93. The smallest absolute Gasteiger partial charge is 0.410 e. The summed E-state index contributed by atoms with van der Waals surface area (Å²) in [5.41, 5.74) is 1.17. The van der Waals surface area contributed by atoms with Crippen molar-refractivity contribution in [3.8, 4) is 11.8 Å². The zero-order valence-corrected chi connectivity index (χ0v) is 9.08. The zero-order chi connectivity index (χ0) is 13.1. The van der Waals surface area contributed by atoms with E-state index in [1.54, 1.807) is 5.43 Å². The minimum absolute atomic E-state index is 0.0449. The van der Waals surface area contributed by atoms with E-state index in [1.807, 2.05) is 0 Å². The number of alkyl halides is 3. The number of hydrazine groups is 1. The molecule has 0 saturated carbocycles. The maximum atomic E-state index is 12.6. The van der Waals surface area contributed by atoms with E-state index in [0.717, 1.165) is 6.20 Å². The van der Waals surface area contributed by atoms with Crippen molar-refractivity contribution in [1.29, 1.82) is 0 Å². The fraction of sp³-hybridized carbons (Fsp3) is 0.500. The number of ether oxygens (including phenoxy) is 2. The minimum atomic E-state index is -4.61. The number of hydrogen-bond acceptors (Lipinski definition) is 6. The van der Waals surface area contributed by atoms with Gasteiger partial charge in [0.1, 0.15) is 5.69 Å². The topological polar surface area (TPSA) is 82.3 Å². The molecule has 1 aromatic rings. The molecule has 1 rings (SSSR count). The van der Waals surface area contributed by atoms with Gasteiger partial charge in [0, 0.05) is 0 Å². The highest BCUT2D eigenvalue weighted by atomic mass is 19.4. The molecule has 0 fully saturated rings. The van der Waals surface area contributed by atoms with Crippen LogP contribution in [0.3, 0.4) is 0 Å². The highest BCUT2D eigenvalue weighted by Gasteiger charge is 2.43. The molecule has 1 atom stereocenters. The lowest BCUT2D eigenvalue weighted by Gasteiger charge is -2.20. The second-order valence-corrected chi connectivity index (χ2v) is 2.95. The number of nitrogens with two attached hydrogens (primary N) is 1. The molecule has 0 aliphatic rings. The van der Waals surface area contributed by atoms with Crippen LogP contribution in [0.1, 0.15) is 11.7 Å². The van der Waals surface area contributed by atoms with Gasteiger partial charge in [-0.1, -0.05) is 0 Å². The summed E-state index contributed by atoms with van der Waals surface area (Å²) in [6.45, 7) is 0. The summed E-state index contributed by atoms with van der Waals surface area (Å²) in [6, 6.07) is -2.16. The second-order valence-electron chi connectivity index (χ2n) is 2.95. The fourth-order valence-electron chi connectivity index (χ4n) is 1.14. The van der Waals surface area contributed by atoms with Crippen molar-refractivity contribution in [3.63, 3.8) is 0 Å². The summed E-state index contributed by atoms with van der Waals surface area (Å²) in [7, 11) is 2.49. The van der Waals surface area contributed by atoms with E-state index in [4.69, 9.17) is 15.3 Å². The molecule has 6 nitrogen and oxygen atoms in total. The van der Waals surface area contributed by atoms with E-state index in [-0.39, 0.29) is 11.8 Å². The predicted octanol–water partition coefficient (Wildman–Crippen LogP) is 0.560. The summed E-state index contributed by atoms with van der Waals surface area (Å²) in [4.78, 5) is 7.27. The summed E-state index contributed by atoms with van der Waals surface area (Å²) in [5.74, 6) is 4.60. The Morgan fingerprint density at radius 2 is 2.00 bits per heavy atom. The third-order valence-electron chi connectivity index (χ3n) is 1.91. The molecule has 0 saturated heterocycles. The van der Waals surface area contributed by atoms with Gasteiger partial charge in [-0.05, 0) is 0 Å². The molecule has 0 spiro atoms. The largest absolute Gasteiger partial charge is 0.480 e. The van der Waals surface area contributed by atoms with Gasteiger partial charge < -0.3 is 9.47 Å². The van der Waals surface area contributed by atoms with E-state index >= 15 is 0 Å². The molecule has 96 valence electrons. The van der Waals surface area contributed by atoms with E-state index in [1.165, 1.54) is 14.2 Å². The van der Waals surface area contributed by atoms with Gasteiger partial charge in [0.05, 0.1) is 20.4 Å². The van der Waals surface area contributed by atoms with E-state index in [0.29, 0.717) is 0 Å². The summed E-state index contributed by atoms with van der Waals surface area (Å²) >= 11 is 0. The standard InChI is InChI=1S/C8H11F3N4O2/c1-16-4-3-13-5(7(14-4)17-2)6(15-12)8(9,10)11/h3,6,15H,12H2,1-2H3. The van der Waals surface area contributed by atoms with Crippen LogP contribution in [0, 0.1) is 0 Å². The lowest BCUT2D eigenvalue weighted by Crippen LogP contribution is -2.39. The number of methoxy groups -OCH3 is 2. The summed E-state index contributed by atoms with van der Waals surface area (Å²) in [5, 5.41) is 0. The second kappa shape index (κ2) is 5.15. The maximum absolute atomic E-state index is 12.6. The first-order valence-corrected chi connectivity index (χ1v) is 4.41. The van der Waals surface area contributed by atoms with Crippen LogP contribution in [0.2, 0.25) is 0 Å². The molecule has 1 aromatic heterocycles. The number of hydrogen-bond donors (Lipinski definition) is 2. The molecule has 0 amide bonds. The Kier molecular flexibility index (Phi) is 4.07. The highest BCUT2D eigenvalue weighted by molar-refractivity contribution is 5.26. The Bertz CT molecular complexity index is 386. The monoisotopic (exact) mass is 252 g/mol. The number of aromatic nitrogens is 2. The van der Waals surface area contributed by atoms with Crippen LogP contribution >= 0.6 is 0 Å². The molecule has 3 N–H and O–H groups in total. The summed E-state index contributed by atoms with van der Waals surface area (Å²) < 4.78 is 47.3. The molecule has 1 heterocycles. The van der Waals surface area contributed by atoms with Crippen LogP contribution in [-0.2, 0) is 0 Å². The van der Waals surface area contributed by atoms with Crippen molar-refractivity contribution in [3.05, 3.63) is 11.9 Å². The Labute approximate surface area is 94.9 Å². The molecule has 0 aliphatic carbocycles. The lowest BCUT2D eigenvalue weighted by atomic mass is 10.2. The Morgan fingerprint density at radius 3 is 2.41 bits per heavy atom. The molecule has 9 heteroatoms. The molecule has 0 radical (unpaired) electrons. The van der Waals surface area contributed by atoms with Crippen molar-refractivity contribution in [2.75, 3.05) is 14.2 Å². The Balaban J connectivity index is 3.20. The first kappa shape index (κ1) is 13.5. The van der Waals surface area contributed by atoms with Crippen molar-refractivity contribution in [2.24, 2.45) is 5.84 Å². The number of halogens is 3. The average Bonchev–Trinajstić information content (AvgIpc) is 2.28. The van der Waals surface area contributed by atoms with Crippen LogP contribution in [0.4, 0.5) is 13.2 Å². The number of nitrogens with one attached hydrogen (secondary N) is 1. The van der Waals surface area contributed by atoms with Crippen molar-refractivity contribution in [2.45, 2.75) is 12.2 Å². The molecular formula is C8H11F3N4O2. The molecule has 0 bridgehead atoms. The maximum Gasteiger partial charge on any atom is 0.410 e. The minimum Gasteiger partial charge on any atom is -0.480 e. The molecule has 1 unspecified atom stereocenters. The van der Waals surface area contributed by atoms with Crippen LogP contribution in [0.15, 0.2) is 6.20 Å². The summed E-state index contributed by atoms with van der Waals surface area (Å²) in [6.07, 6.45) is -3.56. The molecule has 0 aromatic carbocycles. The molecular weight excluding hydrogens is 241 g/mol. The Hall–Kier alpha value is -1.61. The van der Waals surface area contributed by atoms with Gasteiger partial charge in [0.15, 0.2) is 6.04 Å². The molecule has 0 aliphatic heterocycles. The zero-order valence-electron chi connectivity index (χ0n) is 9.08. The first-order valence-electron chi connectivity index (χ1n) is 4.41. The van der Waals surface area contributed by atoms with E-state index < -0.39 is 17.9 Å². The van der Waals surface area contributed by atoms with Gasteiger partial charge in [0.25, 0.3) is 0 Å². The predicted molar refractivity (Wildman–Crippen MR) is 51.3 cm³/mol. The number of nitrogens with zero attached hydrogens (tertiary/aromatic N) is 2. The molecule has 17 heavy (non-hydrogen) atoms. The van der Waals surface area contributed by atoms with E-state index in [2.05, 4.69) is 9.97 Å². The van der Waals surface area contributed by atoms with Gasteiger partial charge in [-0.15, -0.1) is 0 Å². The third kappa shape index (κ3) is 2.94. The van der Waals surface area contributed by atoms with Crippen LogP contribution < -0.4 is 20.7 Å².